The number of rotatable bonds is 9. The summed E-state index contributed by atoms with van der Waals surface area (Å²) in [5, 5.41) is 2.81. The van der Waals surface area contributed by atoms with Gasteiger partial charge < -0.3 is 14.6 Å². The lowest BCUT2D eigenvalue weighted by molar-refractivity contribution is -0.113. The highest BCUT2D eigenvalue weighted by atomic mass is 31.2. The van der Waals surface area contributed by atoms with Crippen LogP contribution in [0.4, 0.5) is 5.69 Å². The van der Waals surface area contributed by atoms with Crippen LogP contribution in [0.2, 0.25) is 0 Å². The van der Waals surface area contributed by atoms with Crippen LogP contribution in [-0.4, -0.2) is 32.0 Å². The van der Waals surface area contributed by atoms with Crippen LogP contribution in [0.5, 0.6) is 5.75 Å². The molecular weight excluding hydrogens is 297 g/mol. The molecule has 0 aliphatic carbocycles. The van der Waals surface area contributed by atoms with Crippen LogP contribution < -0.4 is 10.1 Å². The van der Waals surface area contributed by atoms with Crippen molar-refractivity contribution in [2.45, 2.75) is 39.5 Å². The number of hydrogen-bond acceptors (Lipinski definition) is 3. The van der Waals surface area contributed by atoms with Gasteiger partial charge in [0.05, 0.1) is 19.9 Å². The number of anilines is 1. The van der Waals surface area contributed by atoms with Crippen LogP contribution in [-0.2, 0) is 15.8 Å². The van der Waals surface area contributed by atoms with Gasteiger partial charge >= 0.3 is 0 Å². The standard InChI is InChI=1S/C17H28NO3P/c1-5-7-8-11-21-16-10-9-15(12-14(16)6-2)18-17(19)13-22(3,4)20/h9-10,12H,5-8,11,13H2,1-4H3,(H,18,19). The number of unbranched alkanes of at least 4 members (excludes halogenated alkanes) is 2. The minimum Gasteiger partial charge on any atom is -0.493 e. The van der Waals surface area contributed by atoms with Gasteiger partial charge in [-0.3, -0.25) is 4.79 Å². The molecule has 0 aliphatic heterocycles. The first kappa shape index (κ1) is 18.8. The second-order valence-electron chi connectivity index (χ2n) is 6.01. The monoisotopic (exact) mass is 325 g/mol. The van der Waals surface area contributed by atoms with Crippen LogP contribution in [0.3, 0.4) is 0 Å². The van der Waals surface area contributed by atoms with E-state index in [0.29, 0.717) is 0 Å². The summed E-state index contributed by atoms with van der Waals surface area (Å²) in [6.45, 7) is 8.20. The quantitative estimate of drug-likeness (QED) is 0.541. The van der Waals surface area contributed by atoms with Gasteiger partial charge in [-0.25, -0.2) is 0 Å². The molecule has 0 aliphatic rings. The second kappa shape index (κ2) is 8.99. The number of nitrogens with one attached hydrogen (secondary N) is 1. The van der Waals surface area contributed by atoms with E-state index in [-0.39, 0.29) is 12.1 Å². The van der Waals surface area contributed by atoms with Crippen molar-refractivity contribution in [2.75, 3.05) is 31.4 Å². The van der Waals surface area contributed by atoms with Crippen molar-refractivity contribution in [2.24, 2.45) is 0 Å². The molecule has 1 rings (SSSR count). The molecule has 1 aromatic rings. The highest BCUT2D eigenvalue weighted by Gasteiger charge is 2.14. The predicted molar refractivity (Wildman–Crippen MR) is 93.8 cm³/mol. The molecule has 124 valence electrons. The van der Waals surface area contributed by atoms with E-state index in [2.05, 4.69) is 19.2 Å². The third-order valence-corrected chi connectivity index (χ3v) is 4.30. The summed E-state index contributed by atoms with van der Waals surface area (Å²) in [5.74, 6) is 0.681. The van der Waals surface area contributed by atoms with E-state index in [9.17, 15) is 9.36 Å². The Labute approximate surface area is 134 Å². The minimum atomic E-state index is -2.35. The molecule has 0 heterocycles. The second-order valence-corrected chi connectivity index (χ2v) is 9.48. The van der Waals surface area contributed by atoms with Gasteiger partial charge in [0.15, 0.2) is 0 Å². The molecule has 0 saturated heterocycles. The van der Waals surface area contributed by atoms with Crippen molar-refractivity contribution in [3.63, 3.8) is 0 Å². The number of aryl methyl sites for hydroxylation is 1. The maximum Gasteiger partial charge on any atom is 0.231 e. The normalized spacial score (nSPS) is 11.3. The topological polar surface area (TPSA) is 55.4 Å². The maximum absolute atomic E-state index is 11.8. The zero-order chi connectivity index (χ0) is 16.6. The molecule has 1 aromatic carbocycles. The van der Waals surface area contributed by atoms with E-state index in [4.69, 9.17) is 4.74 Å². The van der Waals surface area contributed by atoms with Crippen molar-refractivity contribution in [3.8, 4) is 5.75 Å². The molecule has 0 fully saturated rings. The summed E-state index contributed by atoms with van der Waals surface area (Å²) in [5.41, 5.74) is 1.81. The Kier molecular flexibility index (Phi) is 7.67. The van der Waals surface area contributed by atoms with E-state index >= 15 is 0 Å². The van der Waals surface area contributed by atoms with Gasteiger partial charge in [0.2, 0.25) is 5.91 Å². The molecule has 0 unspecified atom stereocenters. The van der Waals surface area contributed by atoms with Crippen LogP contribution in [0.1, 0.15) is 38.7 Å². The lowest BCUT2D eigenvalue weighted by Crippen LogP contribution is -2.16. The Morgan fingerprint density at radius 2 is 1.95 bits per heavy atom. The number of amides is 1. The van der Waals surface area contributed by atoms with Gasteiger partial charge in [-0.2, -0.15) is 0 Å². The molecule has 5 heteroatoms. The Morgan fingerprint density at radius 3 is 2.55 bits per heavy atom. The molecule has 0 aromatic heterocycles. The molecule has 1 amide bonds. The van der Waals surface area contributed by atoms with Crippen LogP contribution in [0.15, 0.2) is 18.2 Å². The molecule has 0 spiro atoms. The van der Waals surface area contributed by atoms with Crippen molar-refractivity contribution < 1.29 is 14.1 Å². The van der Waals surface area contributed by atoms with Gasteiger partial charge in [-0.1, -0.05) is 26.7 Å². The number of ether oxygens (including phenoxy) is 1. The van der Waals surface area contributed by atoms with Gasteiger partial charge in [-0.15, -0.1) is 0 Å². The smallest absolute Gasteiger partial charge is 0.231 e. The zero-order valence-corrected chi connectivity index (χ0v) is 15.0. The number of carbonyl (C=O) groups is 1. The third-order valence-electron chi connectivity index (χ3n) is 3.25. The van der Waals surface area contributed by atoms with E-state index in [1.54, 1.807) is 13.3 Å². The molecular formula is C17H28NO3P. The van der Waals surface area contributed by atoms with E-state index in [1.807, 2.05) is 18.2 Å². The van der Waals surface area contributed by atoms with Gasteiger partial charge in [0.25, 0.3) is 0 Å². The summed E-state index contributed by atoms with van der Waals surface area (Å²) in [6.07, 6.45) is 4.31. The number of hydrogen-bond donors (Lipinski definition) is 1. The Morgan fingerprint density at radius 1 is 1.23 bits per heavy atom. The van der Waals surface area contributed by atoms with Crippen molar-refractivity contribution in [1.82, 2.24) is 0 Å². The average Bonchev–Trinajstić information content (AvgIpc) is 2.42. The largest absolute Gasteiger partial charge is 0.493 e. The molecule has 22 heavy (non-hydrogen) atoms. The average molecular weight is 325 g/mol. The summed E-state index contributed by atoms with van der Waals surface area (Å²) < 4.78 is 17.5. The van der Waals surface area contributed by atoms with Crippen LogP contribution in [0, 0.1) is 0 Å². The van der Waals surface area contributed by atoms with Crippen molar-refractivity contribution in [3.05, 3.63) is 23.8 Å². The lowest BCUT2D eigenvalue weighted by Gasteiger charge is -2.13. The third kappa shape index (κ3) is 7.13. The summed E-state index contributed by atoms with van der Waals surface area (Å²) in [6, 6.07) is 5.67. The van der Waals surface area contributed by atoms with Crippen molar-refractivity contribution >= 4 is 18.7 Å². The zero-order valence-electron chi connectivity index (χ0n) is 14.1. The van der Waals surface area contributed by atoms with Crippen LogP contribution >= 0.6 is 7.14 Å². The first-order valence-electron chi connectivity index (χ1n) is 7.95. The Balaban J connectivity index is 2.67. The molecule has 1 N–H and O–H groups in total. The van der Waals surface area contributed by atoms with Gasteiger partial charge in [0.1, 0.15) is 5.75 Å². The minimum absolute atomic E-state index is 0.0731. The Hall–Kier alpha value is -1.28. The highest BCUT2D eigenvalue weighted by Crippen LogP contribution is 2.35. The first-order chi connectivity index (χ1) is 10.4. The first-order valence-corrected chi connectivity index (χ1v) is 10.7. The molecule has 0 bridgehead atoms. The van der Waals surface area contributed by atoms with Gasteiger partial charge in [-0.05, 0) is 49.9 Å². The SMILES string of the molecule is CCCCCOc1ccc(NC(=O)CP(C)(C)=O)cc1CC. The maximum atomic E-state index is 11.8. The Bertz CT molecular complexity index is 537. The highest BCUT2D eigenvalue weighted by molar-refractivity contribution is 7.63. The lowest BCUT2D eigenvalue weighted by atomic mass is 10.1. The van der Waals surface area contributed by atoms with E-state index in [1.165, 1.54) is 12.8 Å². The fourth-order valence-corrected chi connectivity index (χ4v) is 2.93. The van der Waals surface area contributed by atoms with Gasteiger partial charge in [0, 0.05) is 5.69 Å². The molecule has 0 saturated carbocycles. The summed E-state index contributed by atoms with van der Waals surface area (Å²) >= 11 is 0. The van der Waals surface area contributed by atoms with Crippen molar-refractivity contribution in [1.29, 1.82) is 0 Å². The van der Waals surface area contributed by atoms with E-state index < -0.39 is 7.14 Å². The fraction of sp³-hybridized carbons (Fsp3) is 0.588. The summed E-state index contributed by atoms with van der Waals surface area (Å²) in [4.78, 5) is 11.8. The molecule has 0 atom stereocenters. The predicted octanol–water partition coefficient (Wildman–Crippen LogP) is 4.38. The van der Waals surface area contributed by atoms with E-state index in [0.717, 1.165) is 36.4 Å². The molecule has 4 nitrogen and oxygen atoms in total. The van der Waals surface area contributed by atoms with Crippen LogP contribution in [0.25, 0.3) is 0 Å². The number of carbonyl (C=O) groups excluding carboxylic acids is 1. The number of benzene rings is 1. The molecule has 0 radical (unpaired) electrons. The fourth-order valence-electron chi connectivity index (χ4n) is 2.15. The summed E-state index contributed by atoms with van der Waals surface area (Å²) in [7, 11) is -2.35.